The van der Waals surface area contributed by atoms with Gasteiger partial charge in [0.2, 0.25) is 0 Å². The Kier molecular flexibility index (Phi) is 2.91. The highest BCUT2D eigenvalue weighted by Gasteiger charge is 2.14. The number of rotatable bonds is 2. The smallest absolute Gasteiger partial charge is 0.336 e. The molecule has 3 rings (SSSR count). The fourth-order valence-corrected chi connectivity index (χ4v) is 2.13. The zero-order valence-corrected chi connectivity index (χ0v) is 10.4. The van der Waals surface area contributed by atoms with Gasteiger partial charge in [-0.1, -0.05) is 24.3 Å². The number of fused-ring (bicyclic) bond motifs is 1. The molecule has 1 heterocycles. The largest absolute Gasteiger partial charge is 0.478 e. The Labute approximate surface area is 114 Å². The minimum atomic E-state index is -1.10. The number of carboxylic acid groups (broad SMARTS) is 1. The average molecular weight is 267 g/mol. The van der Waals surface area contributed by atoms with Crippen molar-refractivity contribution in [1.82, 2.24) is 4.98 Å². The molecule has 0 amide bonds. The van der Waals surface area contributed by atoms with Crippen LogP contribution >= 0.6 is 0 Å². The van der Waals surface area contributed by atoms with Crippen LogP contribution in [0.5, 0.6) is 0 Å². The van der Waals surface area contributed by atoms with E-state index in [1.54, 1.807) is 6.07 Å². The van der Waals surface area contributed by atoms with E-state index in [4.69, 9.17) is 0 Å². The van der Waals surface area contributed by atoms with Crippen LogP contribution in [0.4, 0.5) is 4.39 Å². The van der Waals surface area contributed by atoms with Crippen molar-refractivity contribution in [2.75, 3.05) is 0 Å². The number of pyridine rings is 1. The number of carboxylic acids is 1. The lowest BCUT2D eigenvalue weighted by Crippen LogP contribution is -2.01. The lowest BCUT2D eigenvalue weighted by Gasteiger charge is -2.07. The first kappa shape index (κ1) is 12.3. The first-order valence-electron chi connectivity index (χ1n) is 6.04. The molecule has 1 aromatic heterocycles. The van der Waals surface area contributed by atoms with Crippen LogP contribution in [0.3, 0.4) is 0 Å². The quantitative estimate of drug-likeness (QED) is 0.769. The normalized spacial score (nSPS) is 10.7. The van der Waals surface area contributed by atoms with Crippen LogP contribution in [0.15, 0.2) is 54.6 Å². The third-order valence-corrected chi connectivity index (χ3v) is 3.09. The number of carbonyl (C=O) groups is 1. The van der Waals surface area contributed by atoms with E-state index in [1.807, 2.05) is 30.3 Å². The Bertz CT molecular complexity index is 814. The van der Waals surface area contributed by atoms with E-state index in [0.717, 1.165) is 17.0 Å². The zero-order valence-electron chi connectivity index (χ0n) is 10.4. The Morgan fingerprint density at radius 1 is 1.05 bits per heavy atom. The molecule has 0 bridgehead atoms. The fourth-order valence-electron chi connectivity index (χ4n) is 2.13. The zero-order chi connectivity index (χ0) is 14.1. The van der Waals surface area contributed by atoms with Crippen molar-refractivity contribution in [1.29, 1.82) is 0 Å². The molecule has 0 saturated heterocycles. The van der Waals surface area contributed by atoms with Gasteiger partial charge < -0.3 is 5.11 Å². The van der Waals surface area contributed by atoms with Gasteiger partial charge in [0.15, 0.2) is 0 Å². The molecule has 98 valence electrons. The molecule has 2 aromatic carbocycles. The van der Waals surface area contributed by atoms with Crippen LogP contribution in [0.2, 0.25) is 0 Å². The summed E-state index contributed by atoms with van der Waals surface area (Å²) in [6.07, 6.45) is 0. The number of aromatic nitrogens is 1. The molecular formula is C16H10FNO2. The van der Waals surface area contributed by atoms with Crippen LogP contribution < -0.4 is 0 Å². The maximum Gasteiger partial charge on any atom is 0.336 e. The van der Waals surface area contributed by atoms with Crippen molar-refractivity contribution < 1.29 is 14.3 Å². The molecule has 0 fully saturated rings. The number of nitrogens with zero attached hydrogens (tertiary/aromatic N) is 1. The number of para-hydroxylation sites is 1. The van der Waals surface area contributed by atoms with E-state index in [1.165, 1.54) is 12.1 Å². The first-order chi connectivity index (χ1) is 9.65. The maximum absolute atomic E-state index is 13.4. The molecule has 20 heavy (non-hydrogen) atoms. The summed E-state index contributed by atoms with van der Waals surface area (Å²) in [6.45, 7) is 0. The predicted octanol–water partition coefficient (Wildman–Crippen LogP) is 3.74. The van der Waals surface area contributed by atoms with Gasteiger partial charge in [-0.25, -0.2) is 14.2 Å². The van der Waals surface area contributed by atoms with Gasteiger partial charge in [0, 0.05) is 10.9 Å². The molecule has 0 saturated carbocycles. The number of hydrogen-bond acceptors (Lipinski definition) is 2. The van der Waals surface area contributed by atoms with E-state index in [2.05, 4.69) is 4.98 Å². The van der Waals surface area contributed by atoms with Crippen molar-refractivity contribution in [3.63, 3.8) is 0 Å². The van der Waals surface area contributed by atoms with E-state index >= 15 is 0 Å². The van der Waals surface area contributed by atoms with E-state index in [9.17, 15) is 14.3 Å². The summed E-state index contributed by atoms with van der Waals surface area (Å²) < 4.78 is 13.4. The van der Waals surface area contributed by atoms with E-state index in [0.29, 0.717) is 5.69 Å². The molecule has 0 radical (unpaired) electrons. The Morgan fingerprint density at radius 3 is 2.65 bits per heavy atom. The predicted molar refractivity (Wildman–Crippen MR) is 74.1 cm³/mol. The molecule has 0 aliphatic carbocycles. The lowest BCUT2D eigenvalue weighted by molar-refractivity contribution is 0.0697. The molecular weight excluding hydrogens is 257 g/mol. The lowest BCUT2D eigenvalue weighted by atomic mass is 10.0. The van der Waals surface area contributed by atoms with Crippen molar-refractivity contribution in [2.45, 2.75) is 0 Å². The van der Waals surface area contributed by atoms with Crippen molar-refractivity contribution in [3.05, 3.63) is 66.0 Å². The standard InChI is InChI=1S/C16H10FNO2/c17-11-6-7-12(16(19)20)13(9-11)15-8-5-10-3-1-2-4-14(10)18-15/h1-9H,(H,19,20). The molecule has 1 N–H and O–H groups in total. The molecule has 4 heteroatoms. The first-order valence-corrected chi connectivity index (χ1v) is 6.04. The average Bonchev–Trinajstić information content (AvgIpc) is 2.46. The third-order valence-electron chi connectivity index (χ3n) is 3.09. The summed E-state index contributed by atoms with van der Waals surface area (Å²) in [5.41, 5.74) is 1.50. The molecule has 3 nitrogen and oxygen atoms in total. The monoisotopic (exact) mass is 267 g/mol. The minimum absolute atomic E-state index is 0.0363. The van der Waals surface area contributed by atoms with Gasteiger partial charge >= 0.3 is 5.97 Å². The minimum Gasteiger partial charge on any atom is -0.478 e. The highest BCUT2D eigenvalue weighted by atomic mass is 19.1. The van der Waals surface area contributed by atoms with E-state index < -0.39 is 11.8 Å². The van der Waals surface area contributed by atoms with Crippen LogP contribution in [0, 0.1) is 5.82 Å². The third kappa shape index (κ3) is 2.12. The number of halogens is 1. The van der Waals surface area contributed by atoms with Gasteiger partial charge in [-0.3, -0.25) is 0 Å². The number of benzene rings is 2. The van der Waals surface area contributed by atoms with Gasteiger partial charge in [0.25, 0.3) is 0 Å². The Balaban J connectivity index is 2.24. The molecule has 0 atom stereocenters. The highest BCUT2D eigenvalue weighted by molar-refractivity contribution is 5.96. The second kappa shape index (κ2) is 4.74. The highest BCUT2D eigenvalue weighted by Crippen LogP contribution is 2.25. The molecule has 0 unspecified atom stereocenters. The summed E-state index contributed by atoms with van der Waals surface area (Å²) in [7, 11) is 0. The van der Waals surface area contributed by atoms with Crippen LogP contribution in [0.1, 0.15) is 10.4 Å². The Hall–Kier alpha value is -2.75. The van der Waals surface area contributed by atoms with Gasteiger partial charge in [-0.05, 0) is 30.3 Å². The van der Waals surface area contributed by atoms with E-state index in [-0.39, 0.29) is 11.1 Å². The summed E-state index contributed by atoms with van der Waals surface area (Å²) in [5.74, 6) is -1.59. The molecule has 0 aliphatic heterocycles. The molecule has 0 aliphatic rings. The SMILES string of the molecule is O=C(O)c1ccc(F)cc1-c1ccc2ccccc2n1. The van der Waals surface area contributed by atoms with Gasteiger partial charge in [0.1, 0.15) is 5.82 Å². The fraction of sp³-hybridized carbons (Fsp3) is 0. The van der Waals surface area contributed by atoms with Crippen LogP contribution in [-0.4, -0.2) is 16.1 Å². The second-order valence-electron chi connectivity index (χ2n) is 4.38. The van der Waals surface area contributed by atoms with Crippen LogP contribution in [0.25, 0.3) is 22.2 Å². The van der Waals surface area contributed by atoms with Gasteiger partial charge in [-0.15, -0.1) is 0 Å². The molecule has 3 aromatic rings. The van der Waals surface area contributed by atoms with Crippen LogP contribution in [-0.2, 0) is 0 Å². The van der Waals surface area contributed by atoms with Gasteiger partial charge in [0.05, 0.1) is 16.8 Å². The molecule has 0 spiro atoms. The Morgan fingerprint density at radius 2 is 1.85 bits per heavy atom. The second-order valence-corrected chi connectivity index (χ2v) is 4.38. The number of aromatic carboxylic acids is 1. The van der Waals surface area contributed by atoms with Gasteiger partial charge in [-0.2, -0.15) is 0 Å². The summed E-state index contributed by atoms with van der Waals surface area (Å²) in [5, 5.41) is 10.1. The van der Waals surface area contributed by atoms with Crippen molar-refractivity contribution in [3.8, 4) is 11.3 Å². The summed E-state index contributed by atoms with van der Waals surface area (Å²) >= 11 is 0. The summed E-state index contributed by atoms with van der Waals surface area (Å²) in [6, 6.07) is 14.6. The summed E-state index contributed by atoms with van der Waals surface area (Å²) in [4.78, 5) is 15.6. The topological polar surface area (TPSA) is 50.2 Å². The number of hydrogen-bond donors (Lipinski definition) is 1. The van der Waals surface area contributed by atoms with Crippen molar-refractivity contribution in [2.24, 2.45) is 0 Å². The maximum atomic E-state index is 13.4. The van der Waals surface area contributed by atoms with Crippen molar-refractivity contribution >= 4 is 16.9 Å².